The Bertz CT molecular complexity index is 895. The third kappa shape index (κ3) is 4.06. The summed E-state index contributed by atoms with van der Waals surface area (Å²) in [5.74, 6) is 1.29. The average molecular weight is 362 g/mol. The minimum atomic E-state index is 0.191. The van der Waals surface area contributed by atoms with Crippen molar-refractivity contribution >= 4 is 11.6 Å². The van der Waals surface area contributed by atoms with Gasteiger partial charge in [-0.25, -0.2) is 0 Å². The van der Waals surface area contributed by atoms with E-state index in [4.69, 9.17) is 4.52 Å². The van der Waals surface area contributed by atoms with Crippen LogP contribution in [-0.4, -0.2) is 41.1 Å². The van der Waals surface area contributed by atoms with Crippen LogP contribution in [0.5, 0.6) is 0 Å². The van der Waals surface area contributed by atoms with E-state index in [9.17, 15) is 4.79 Å². The molecular formula is C21H22N4O2. The molecule has 1 aliphatic rings. The van der Waals surface area contributed by atoms with Crippen molar-refractivity contribution in [2.45, 2.75) is 13.0 Å². The standard InChI is InChI=1S/C21H22N4O2/c1-24(15-18-12-20(23-27-18)19-9-5-6-10-22-19)13-16-11-21(26)25(14-16)17-7-3-2-4-8-17/h2-10,12,16H,11,13-15H2,1H3/t16-/m0/s1. The number of hydrogen-bond acceptors (Lipinski definition) is 5. The highest BCUT2D eigenvalue weighted by atomic mass is 16.5. The van der Waals surface area contributed by atoms with E-state index in [0.717, 1.165) is 35.9 Å². The quantitative estimate of drug-likeness (QED) is 0.674. The Hall–Kier alpha value is -2.99. The first kappa shape index (κ1) is 17.4. The highest BCUT2D eigenvalue weighted by Crippen LogP contribution is 2.25. The molecule has 1 aromatic carbocycles. The fourth-order valence-corrected chi connectivity index (χ4v) is 3.56. The van der Waals surface area contributed by atoms with Crippen molar-refractivity contribution in [2.24, 2.45) is 5.92 Å². The largest absolute Gasteiger partial charge is 0.359 e. The van der Waals surface area contributed by atoms with Gasteiger partial charge in [-0.1, -0.05) is 29.4 Å². The van der Waals surface area contributed by atoms with E-state index >= 15 is 0 Å². The Morgan fingerprint density at radius 1 is 1.15 bits per heavy atom. The number of carbonyl (C=O) groups excluding carboxylic acids is 1. The second kappa shape index (κ2) is 7.72. The SMILES string of the molecule is CN(Cc1cc(-c2ccccn2)no1)C[C@@H]1CC(=O)N(c2ccccc2)C1. The van der Waals surface area contributed by atoms with Gasteiger partial charge < -0.3 is 9.42 Å². The molecule has 0 saturated carbocycles. The van der Waals surface area contributed by atoms with Crippen LogP contribution in [0.4, 0.5) is 5.69 Å². The summed E-state index contributed by atoms with van der Waals surface area (Å²) in [6.45, 7) is 2.23. The number of rotatable bonds is 6. The van der Waals surface area contributed by atoms with Crippen LogP contribution in [0.2, 0.25) is 0 Å². The molecule has 1 atom stereocenters. The van der Waals surface area contributed by atoms with Crippen LogP contribution >= 0.6 is 0 Å². The van der Waals surface area contributed by atoms with Crippen molar-refractivity contribution in [2.75, 3.05) is 25.0 Å². The summed E-state index contributed by atoms with van der Waals surface area (Å²) in [5, 5.41) is 4.11. The fourth-order valence-electron chi connectivity index (χ4n) is 3.56. The van der Waals surface area contributed by atoms with Gasteiger partial charge in [-0.15, -0.1) is 0 Å². The van der Waals surface area contributed by atoms with Gasteiger partial charge in [0.2, 0.25) is 5.91 Å². The van der Waals surface area contributed by atoms with Crippen molar-refractivity contribution in [1.82, 2.24) is 15.0 Å². The number of nitrogens with zero attached hydrogens (tertiary/aromatic N) is 4. The zero-order valence-electron chi connectivity index (χ0n) is 15.3. The lowest BCUT2D eigenvalue weighted by Gasteiger charge is -2.20. The number of benzene rings is 1. The molecule has 6 heteroatoms. The third-order valence-corrected chi connectivity index (χ3v) is 4.75. The van der Waals surface area contributed by atoms with Crippen molar-refractivity contribution in [1.29, 1.82) is 0 Å². The van der Waals surface area contributed by atoms with Crippen LogP contribution in [0.15, 0.2) is 65.3 Å². The molecule has 27 heavy (non-hydrogen) atoms. The van der Waals surface area contributed by atoms with Gasteiger partial charge in [0.25, 0.3) is 0 Å². The third-order valence-electron chi connectivity index (χ3n) is 4.75. The molecule has 1 saturated heterocycles. The van der Waals surface area contributed by atoms with E-state index in [-0.39, 0.29) is 5.91 Å². The van der Waals surface area contributed by atoms with Gasteiger partial charge in [0.1, 0.15) is 5.69 Å². The lowest BCUT2D eigenvalue weighted by Crippen LogP contribution is -2.28. The highest BCUT2D eigenvalue weighted by molar-refractivity contribution is 5.95. The van der Waals surface area contributed by atoms with Crippen LogP contribution in [0.1, 0.15) is 12.2 Å². The van der Waals surface area contributed by atoms with Crippen LogP contribution in [0.3, 0.4) is 0 Å². The molecule has 0 radical (unpaired) electrons. The van der Waals surface area contributed by atoms with Gasteiger partial charge >= 0.3 is 0 Å². The van der Waals surface area contributed by atoms with Crippen molar-refractivity contribution < 1.29 is 9.32 Å². The van der Waals surface area contributed by atoms with Crippen LogP contribution in [0.25, 0.3) is 11.4 Å². The van der Waals surface area contributed by atoms with Crippen LogP contribution in [0, 0.1) is 5.92 Å². The van der Waals surface area contributed by atoms with Crippen LogP contribution < -0.4 is 4.90 Å². The maximum atomic E-state index is 12.4. The van der Waals surface area contributed by atoms with E-state index in [2.05, 4.69) is 15.0 Å². The van der Waals surface area contributed by atoms with Crippen molar-refractivity contribution in [3.05, 3.63) is 66.6 Å². The van der Waals surface area contributed by atoms with E-state index < -0.39 is 0 Å². The number of hydrogen-bond donors (Lipinski definition) is 0. The number of anilines is 1. The molecule has 2 aromatic heterocycles. The van der Waals surface area contributed by atoms with Crippen molar-refractivity contribution in [3.8, 4) is 11.4 Å². The molecule has 6 nitrogen and oxygen atoms in total. The predicted molar refractivity (Wildman–Crippen MR) is 103 cm³/mol. The molecule has 0 unspecified atom stereocenters. The average Bonchev–Trinajstić information content (AvgIpc) is 3.29. The minimum absolute atomic E-state index is 0.191. The zero-order valence-corrected chi connectivity index (χ0v) is 15.3. The Kier molecular flexibility index (Phi) is 4.98. The molecule has 0 bridgehead atoms. The zero-order chi connectivity index (χ0) is 18.6. The van der Waals surface area contributed by atoms with E-state index in [1.165, 1.54) is 0 Å². The van der Waals surface area contributed by atoms with Crippen molar-refractivity contribution in [3.63, 3.8) is 0 Å². The normalized spacial score (nSPS) is 17.0. The number of aromatic nitrogens is 2. The second-order valence-electron chi connectivity index (χ2n) is 7.00. The summed E-state index contributed by atoms with van der Waals surface area (Å²) in [7, 11) is 2.04. The number of para-hydroxylation sites is 1. The summed E-state index contributed by atoms with van der Waals surface area (Å²) < 4.78 is 5.46. The molecule has 4 rings (SSSR count). The van der Waals surface area contributed by atoms with Crippen LogP contribution in [-0.2, 0) is 11.3 Å². The predicted octanol–water partition coefficient (Wildman–Crippen LogP) is 3.22. The molecule has 1 amide bonds. The van der Waals surface area contributed by atoms with E-state index in [1.54, 1.807) is 6.20 Å². The van der Waals surface area contributed by atoms with Gasteiger partial charge in [-0.3, -0.25) is 14.7 Å². The van der Waals surface area contributed by atoms with Gasteiger partial charge in [-0.2, -0.15) is 0 Å². The second-order valence-corrected chi connectivity index (χ2v) is 7.00. The summed E-state index contributed by atoms with van der Waals surface area (Å²) in [6, 6.07) is 17.5. The summed E-state index contributed by atoms with van der Waals surface area (Å²) in [5.41, 5.74) is 2.52. The lowest BCUT2D eigenvalue weighted by molar-refractivity contribution is -0.117. The number of amides is 1. The van der Waals surface area contributed by atoms with Gasteiger partial charge in [0.05, 0.1) is 12.2 Å². The minimum Gasteiger partial charge on any atom is -0.359 e. The number of pyridine rings is 1. The smallest absolute Gasteiger partial charge is 0.227 e. The topological polar surface area (TPSA) is 62.5 Å². The molecule has 138 valence electrons. The molecular weight excluding hydrogens is 340 g/mol. The maximum absolute atomic E-state index is 12.4. The Morgan fingerprint density at radius 3 is 2.74 bits per heavy atom. The highest BCUT2D eigenvalue weighted by Gasteiger charge is 2.31. The molecule has 1 fully saturated rings. The fraction of sp³-hybridized carbons (Fsp3) is 0.286. The monoisotopic (exact) mass is 362 g/mol. The van der Waals surface area contributed by atoms with E-state index in [0.29, 0.717) is 18.9 Å². The van der Waals surface area contributed by atoms with Gasteiger partial charge in [-0.05, 0) is 37.2 Å². The van der Waals surface area contributed by atoms with Gasteiger partial charge in [0, 0.05) is 37.5 Å². The first-order valence-electron chi connectivity index (χ1n) is 9.10. The molecule has 3 heterocycles. The summed E-state index contributed by atoms with van der Waals surface area (Å²) in [6.07, 6.45) is 2.32. The Labute approximate surface area is 158 Å². The summed E-state index contributed by atoms with van der Waals surface area (Å²) in [4.78, 5) is 20.7. The molecule has 1 aliphatic heterocycles. The molecule has 0 spiro atoms. The number of carbonyl (C=O) groups is 1. The molecule has 3 aromatic rings. The molecule has 0 aliphatic carbocycles. The Balaban J connectivity index is 1.34. The first-order valence-corrected chi connectivity index (χ1v) is 9.10. The first-order chi connectivity index (χ1) is 13.2. The maximum Gasteiger partial charge on any atom is 0.227 e. The summed E-state index contributed by atoms with van der Waals surface area (Å²) >= 11 is 0. The Morgan fingerprint density at radius 2 is 1.96 bits per heavy atom. The molecule has 0 N–H and O–H groups in total. The van der Waals surface area contributed by atoms with E-state index in [1.807, 2.05) is 66.5 Å². The lowest BCUT2D eigenvalue weighted by atomic mass is 10.1. The van der Waals surface area contributed by atoms with Gasteiger partial charge in [0.15, 0.2) is 5.76 Å².